The highest BCUT2D eigenvalue weighted by Gasteiger charge is 2.09. The number of rotatable bonds is 5. The maximum absolute atomic E-state index is 10.1. The molecule has 0 aromatic carbocycles. The number of carbonyl (C=O) groups is 1. The molecule has 0 saturated heterocycles. The second-order valence-electron chi connectivity index (χ2n) is 2.68. The molecule has 0 amide bonds. The summed E-state index contributed by atoms with van der Waals surface area (Å²) in [6.45, 7) is 0.604. The summed E-state index contributed by atoms with van der Waals surface area (Å²) in [5, 5.41) is 14.4. The van der Waals surface area contributed by atoms with Gasteiger partial charge in [0.2, 0.25) is 0 Å². The number of unbranched alkanes of at least 4 members (excludes halogenated alkanes) is 1. The number of nitrogens with one attached hydrogen (secondary N) is 1. The van der Waals surface area contributed by atoms with E-state index in [9.17, 15) is 4.79 Å². The van der Waals surface area contributed by atoms with E-state index in [0.29, 0.717) is 13.0 Å². The van der Waals surface area contributed by atoms with Crippen LogP contribution in [0.4, 0.5) is 0 Å². The van der Waals surface area contributed by atoms with Crippen LogP contribution >= 0.6 is 0 Å². The molecule has 14 heavy (non-hydrogen) atoms. The van der Waals surface area contributed by atoms with Crippen LogP contribution < -0.4 is 22.9 Å². The Hall–Kier alpha value is -1.34. The van der Waals surface area contributed by atoms with Crippen molar-refractivity contribution in [2.45, 2.75) is 25.3 Å². The summed E-state index contributed by atoms with van der Waals surface area (Å²) in [6.07, 6.45) is 2.16. The zero-order chi connectivity index (χ0) is 11.6. The van der Waals surface area contributed by atoms with Crippen LogP contribution in [0.2, 0.25) is 0 Å². The van der Waals surface area contributed by atoms with Crippen molar-refractivity contribution in [3.8, 4) is 0 Å². The standard InChI is InChI=1S/C6H14N2O2.CH5N3/c7-4-2-1-3-5(8)6(9)10;2-1(3)4/h5H,1-4,7-8H2,(H,9,10);(H5,2,3,4). The van der Waals surface area contributed by atoms with E-state index in [1.165, 1.54) is 0 Å². The van der Waals surface area contributed by atoms with Gasteiger partial charge in [0, 0.05) is 0 Å². The Morgan fingerprint density at radius 1 is 1.36 bits per heavy atom. The normalized spacial score (nSPS) is 11.0. The molecule has 0 radical (unpaired) electrons. The third-order valence-electron chi connectivity index (χ3n) is 1.29. The van der Waals surface area contributed by atoms with Crippen LogP contribution in [0.15, 0.2) is 0 Å². The first-order chi connectivity index (χ1) is 6.41. The molecule has 0 aliphatic heterocycles. The Bertz CT molecular complexity index is 169. The van der Waals surface area contributed by atoms with Gasteiger partial charge in [-0.25, -0.2) is 0 Å². The molecule has 0 saturated carbocycles. The number of hydrogen-bond donors (Lipinski definition) is 6. The third kappa shape index (κ3) is 17.0. The Balaban J connectivity index is 0. The van der Waals surface area contributed by atoms with Gasteiger partial charge in [-0.1, -0.05) is 6.42 Å². The molecular formula is C7H19N5O2. The van der Waals surface area contributed by atoms with Gasteiger partial charge >= 0.3 is 5.97 Å². The highest BCUT2D eigenvalue weighted by Crippen LogP contribution is 1.96. The molecule has 0 fully saturated rings. The predicted molar refractivity (Wildman–Crippen MR) is 54.6 cm³/mol. The lowest BCUT2D eigenvalue weighted by Gasteiger charge is -2.03. The number of nitrogens with two attached hydrogens (primary N) is 4. The van der Waals surface area contributed by atoms with E-state index < -0.39 is 12.0 Å². The van der Waals surface area contributed by atoms with Crippen LogP contribution in [0, 0.1) is 5.41 Å². The molecule has 7 nitrogen and oxygen atoms in total. The summed E-state index contributed by atoms with van der Waals surface area (Å²) in [5.74, 6) is -1.27. The minimum Gasteiger partial charge on any atom is -0.480 e. The first-order valence-corrected chi connectivity index (χ1v) is 4.19. The van der Waals surface area contributed by atoms with Gasteiger partial charge in [0.25, 0.3) is 0 Å². The number of guanidine groups is 1. The molecule has 84 valence electrons. The molecule has 0 bridgehead atoms. The molecule has 0 rings (SSSR count). The third-order valence-corrected chi connectivity index (χ3v) is 1.29. The lowest BCUT2D eigenvalue weighted by Crippen LogP contribution is -2.29. The molecule has 7 heteroatoms. The Labute approximate surface area is 82.9 Å². The van der Waals surface area contributed by atoms with E-state index in [2.05, 4.69) is 11.5 Å². The maximum Gasteiger partial charge on any atom is 0.320 e. The average molecular weight is 205 g/mol. The largest absolute Gasteiger partial charge is 0.480 e. The van der Waals surface area contributed by atoms with Gasteiger partial charge in [0.1, 0.15) is 6.04 Å². The summed E-state index contributed by atoms with van der Waals surface area (Å²) < 4.78 is 0. The highest BCUT2D eigenvalue weighted by molar-refractivity contribution is 5.72. The molecule has 0 aromatic heterocycles. The average Bonchev–Trinajstić information content (AvgIpc) is 2.03. The fraction of sp³-hybridized carbons (Fsp3) is 0.714. The van der Waals surface area contributed by atoms with Crippen molar-refractivity contribution in [1.82, 2.24) is 0 Å². The second-order valence-corrected chi connectivity index (χ2v) is 2.68. The molecular weight excluding hydrogens is 186 g/mol. The van der Waals surface area contributed by atoms with Crippen molar-refractivity contribution in [3.63, 3.8) is 0 Å². The van der Waals surface area contributed by atoms with Crippen molar-refractivity contribution < 1.29 is 9.90 Å². The molecule has 1 atom stereocenters. The van der Waals surface area contributed by atoms with Gasteiger partial charge in [0.05, 0.1) is 0 Å². The van der Waals surface area contributed by atoms with E-state index in [4.69, 9.17) is 22.0 Å². The Morgan fingerprint density at radius 2 is 1.79 bits per heavy atom. The lowest BCUT2D eigenvalue weighted by molar-refractivity contribution is -0.138. The first kappa shape index (κ1) is 15.1. The second kappa shape index (κ2) is 9.75. The van der Waals surface area contributed by atoms with E-state index in [-0.39, 0.29) is 5.96 Å². The summed E-state index contributed by atoms with van der Waals surface area (Å²) in [4.78, 5) is 10.1. The molecule has 1 unspecified atom stereocenters. The van der Waals surface area contributed by atoms with Crippen molar-refractivity contribution in [2.24, 2.45) is 22.9 Å². The van der Waals surface area contributed by atoms with Crippen LogP contribution in [0.1, 0.15) is 19.3 Å². The van der Waals surface area contributed by atoms with Gasteiger partial charge in [-0.2, -0.15) is 0 Å². The van der Waals surface area contributed by atoms with Crippen molar-refractivity contribution in [3.05, 3.63) is 0 Å². The predicted octanol–water partition coefficient (Wildman–Crippen LogP) is -1.63. The minimum absolute atomic E-state index is 0.333. The smallest absolute Gasteiger partial charge is 0.320 e. The van der Waals surface area contributed by atoms with Crippen molar-refractivity contribution in [1.29, 1.82) is 5.41 Å². The number of hydrogen-bond acceptors (Lipinski definition) is 4. The first-order valence-electron chi connectivity index (χ1n) is 4.19. The van der Waals surface area contributed by atoms with Gasteiger partial charge in [-0.3, -0.25) is 10.2 Å². The molecule has 0 heterocycles. The molecule has 0 aliphatic rings. The van der Waals surface area contributed by atoms with Gasteiger partial charge in [0.15, 0.2) is 5.96 Å². The SMILES string of the molecule is N=C(N)N.NCCCCC(N)C(=O)O. The van der Waals surface area contributed by atoms with Crippen LogP contribution in [0.25, 0.3) is 0 Å². The van der Waals surface area contributed by atoms with Gasteiger partial charge < -0.3 is 28.0 Å². The summed E-state index contributed by atoms with van der Waals surface area (Å²) in [5.41, 5.74) is 19.4. The van der Waals surface area contributed by atoms with Crippen LogP contribution in [-0.2, 0) is 4.79 Å². The topological polar surface area (TPSA) is 165 Å². The van der Waals surface area contributed by atoms with Crippen LogP contribution in [-0.4, -0.2) is 29.6 Å². The lowest BCUT2D eigenvalue weighted by atomic mass is 10.1. The molecule has 10 N–H and O–H groups in total. The van der Waals surface area contributed by atoms with E-state index >= 15 is 0 Å². The van der Waals surface area contributed by atoms with Crippen LogP contribution in [0.5, 0.6) is 0 Å². The zero-order valence-corrected chi connectivity index (χ0v) is 8.07. The summed E-state index contributed by atoms with van der Waals surface area (Å²) in [7, 11) is 0. The molecule has 0 spiro atoms. The highest BCUT2D eigenvalue weighted by atomic mass is 16.4. The summed E-state index contributed by atoms with van der Waals surface area (Å²) in [6, 6.07) is -0.716. The van der Waals surface area contributed by atoms with Crippen molar-refractivity contribution >= 4 is 11.9 Å². The Morgan fingerprint density at radius 3 is 2.07 bits per heavy atom. The van der Waals surface area contributed by atoms with E-state index in [1.807, 2.05) is 0 Å². The Kier molecular flexibility index (Phi) is 10.5. The fourth-order valence-corrected chi connectivity index (χ4v) is 0.632. The molecule has 0 aliphatic carbocycles. The quantitative estimate of drug-likeness (QED) is 0.179. The monoisotopic (exact) mass is 205 g/mol. The molecule has 0 aromatic rings. The van der Waals surface area contributed by atoms with Gasteiger partial charge in [-0.05, 0) is 19.4 Å². The van der Waals surface area contributed by atoms with E-state index in [0.717, 1.165) is 12.8 Å². The van der Waals surface area contributed by atoms with Crippen molar-refractivity contribution in [2.75, 3.05) is 6.54 Å². The number of aliphatic carboxylic acids is 1. The zero-order valence-electron chi connectivity index (χ0n) is 8.07. The van der Waals surface area contributed by atoms with Crippen LogP contribution in [0.3, 0.4) is 0 Å². The summed E-state index contributed by atoms with van der Waals surface area (Å²) >= 11 is 0. The van der Waals surface area contributed by atoms with Gasteiger partial charge in [-0.15, -0.1) is 0 Å². The van der Waals surface area contributed by atoms with E-state index in [1.54, 1.807) is 0 Å². The maximum atomic E-state index is 10.1. The number of carboxylic acids is 1. The fourth-order valence-electron chi connectivity index (χ4n) is 0.632. The minimum atomic E-state index is -0.933. The number of carboxylic acid groups (broad SMARTS) is 1.